The van der Waals surface area contributed by atoms with Crippen molar-refractivity contribution >= 4 is 11.9 Å². The average Bonchev–Trinajstić information content (AvgIpc) is 2.57. The monoisotopic (exact) mass is 356 g/mol. The van der Waals surface area contributed by atoms with Crippen molar-refractivity contribution in [3.63, 3.8) is 0 Å². The Kier molecular flexibility index (Phi) is 14.6. The van der Waals surface area contributed by atoms with Crippen LogP contribution in [-0.2, 0) is 9.59 Å². The topological polar surface area (TPSA) is 74.6 Å². The largest absolute Gasteiger partial charge is 0.481 e. The molecule has 0 radical (unpaired) electrons. The maximum absolute atomic E-state index is 12.1. The second-order valence-electron chi connectivity index (χ2n) is 7.51. The minimum absolute atomic E-state index is 0.220. The summed E-state index contributed by atoms with van der Waals surface area (Å²) in [6.07, 6.45) is 14.9. The first-order valence-corrected chi connectivity index (χ1v) is 10.4. The Morgan fingerprint density at radius 2 is 1.04 bits per heavy atom. The van der Waals surface area contributed by atoms with Gasteiger partial charge in [0.1, 0.15) is 0 Å². The minimum atomic E-state index is -0.744. The maximum atomic E-state index is 12.1. The van der Waals surface area contributed by atoms with Gasteiger partial charge in [-0.15, -0.1) is 0 Å². The lowest BCUT2D eigenvalue weighted by Gasteiger charge is -2.30. The summed E-state index contributed by atoms with van der Waals surface area (Å²) < 4.78 is 0. The van der Waals surface area contributed by atoms with Crippen LogP contribution in [0.5, 0.6) is 0 Å². The van der Waals surface area contributed by atoms with Crippen LogP contribution in [-0.4, -0.2) is 22.2 Å². The van der Waals surface area contributed by atoms with E-state index >= 15 is 0 Å². The van der Waals surface area contributed by atoms with E-state index in [4.69, 9.17) is 5.11 Å². The molecule has 0 aliphatic rings. The number of hydrogen-bond donors (Lipinski definition) is 2. The van der Waals surface area contributed by atoms with Crippen molar-refractivity contribution in [2.45, 2.75) is 117 Å². The van der Waals surface area contributed by atoms with E-state index in [1.54, 1.807) is 0 Å². The summed E-state index contributed by atoms with van der Waals surface area (Å²) in [5.74, 6) is -1.36. The predicted molar refractivity (Wildman–Crippen MR) is 103 cm³/mol. The van der Waals surface area contributed by atoms with Gasteiger partial charge >= 0.3 is 11.9 Å². The third-order valence-electron chi connectivity index (χ3n) is 5.27. The third kappa shape index (κ3) is 12.0. The van der Waals surface area contributed by atoms with E-state index in [2.05, 4.69) is 13.8 Å². The van der Waals surface area contributed by atoms with E-state index in [0.29, 0.717) is 6.42 Å². The summed E-state index contributed by atoms with van der Waals surface area (Å²) in [6.45, 7) is 4.35. The lowest BCUT2D eigenvalue weighted by molar-refractivity contribution is -0.150. The molecule has 0 fully saturated rings. The molecular weight excluding hydrogens is 316 g/mol. The number of unbranched alkanes of at least 4 members (excludes halogenated alkanes) is 9. The van der Waals surface area contributed by atoms with E-state index in [-0.39, 0.29) is 6.42 Å². The van der Waals surface area contributed by atoms with Crippen LogP contribution in [0.3, 0.4) is 0 Å². The number of carboxylic acid groups (broad SMARTS) is 2. The molecule has 0 saturated carbocycles. The van der Waals surface area contributed by atoms with Crippen molar-refractivity contribution in [3.05, 3.63) is 0 Å². The molecule has 0 spiro atoms. The fourth-order valence-corrected chi connectivity index (χ4v) is 3.57. The van der Waals surface area contributed by atoms with Crippen molar-refractivity contribution in [2.75, 3.05) is 0 Å². The Bertz CT molecular complexity index is 340. The van der Waals surface area contributed by atoms with Crippen LogP contribution < -0.4 is 0 Å². The SMILES string of the molecule is CCCCCCC(CCCCCC)(CCCCCCC(=O)O)C(=O)O. The molecule has 0 aliphatic carbocycles. The van der Waals surface area contributed by atoms with Crippen LogP contribution >= 0.6 is 0 Å². The fraction of sp³-hybridized carbons (Fsp3) is 0.905. The smallest absolute Gasteiger partial charge is 0.309 e. The van der Waals surface area contributed by atoms with E-state index in [9.17, 15) is 14.7 Å². The lowest BCUT2D eigenvalue weighted by Crippen LogP contribution is -2.31. The fourth-order valence-electron chi connectivity index (χ4n) is 3.57. The summed E-state index contributed by atoms with van der Waals surface area (Å²) in [6, 6.07) is 0. The Labute approximate surface area is 154 Å². The summed E-state index contributed by atoms with van der Waals surface area (Å²) in [4.78, 5) is 22.6. The van der Waals surface area contributed by atoms with E-state index in [1.165, 1.54) is 25.7 Å². The molecule has 0 heterocycles. The molecule has 0 aliphatic heterocycles. The van der Waals surface area contributed by atoms with Crippen molar-refractivity contribution in [2.24, 2.45) is 5.41 Å². The maximum Gasteiger partial charge on any atom is 0.309 e. The normalized spacial score (nSPS) is 11.6. The van der Waals surface area contributed by atoms with E-state index in [0.717, 1.165) is 64.2 Å². The summed E-state index contributed by atoms with van der Waals surface area (Å²) >= 11 is 0. The molecule has 0 unspecified atom stereocenters. The molecule has 4 nitrogen and oxygen atoms in total. The zero-order chi connectivity index (χ0) is 19.0. The van der Waals surface area contributed by atoms with Crippen LogP contribution in [0.1, 0.15) is 117 Å². The van der Waals surface area contributed by atoms with E-state index < -0.39 is 17.4 Å². The highest BCUT2D eigenvalue weighted by Gasteiger charge is 2.36. The van der Waals surface area contributed by atoms with Crippen molar-refractivity contribution in [1.82, 2.24) is 0 Å². The van der Waals surface area contributed by atoms with Gasteiger partial charge in [0.2, 0.25) is 0 Å². The molecule has 0 aromatic heterocycles. The Balaban J connectivity index is 4.48. The predicted octanol–water partition coefficient (Wildman–Crippen LogP) is 6.42. The van der Waals surface area contributed by atoms with Crippen molar-refractivity contribution in [3.8, 4) is 0 Å². The molecule has 0 aromatic rings. The molecule has 0 rings (SSSR count). The molecule has 0 amide bonds. The van der Waals surface area contributed by atoms with Gasteiger partial charge in [0.15, 0.2) is 0 Å². The van der Waals surface area contributed by atoms with Gasteiger partial charge in [0, 0.05) is 6.42 Å². The number of carbonyl (C=O) groups is 2. The van der Waals surface area contributed by atoms with Gasteiger partial charge < -0.3 is 10.2 Å². The Morgan fingerprint density at radius 3 is 1.40 bits per heavy atom. The summed E-state index contributed by atoms with van der Waals surface area (Å²) in [5, 5.41) is 18.6. The number of carboxylic acids is 2. The highest BCUT2D eigenvalue weighted by atomic mass is 16.4. The van der Waals surface area contributed by atoms with Gasteiger partial charge in [-0.3, -0.25) is 9.59 Å². The third-order valence-corrected chi connectivity index (χ3v) is 5.27. The van der Waals surface area contributed by atoms with Gasteiger partial charge in [0.25, 0.3) is 0 Å². The second kappa shape index (κ2) is 15.2. The Hall–Kier alpha value is -1.06. The molecule has 25 heavy (non-hydrogen) atoms. The van der Waals surface area contributed by atoms with Crippen LogP contribution in [0.15, 0.2) is 0 Å². The van der Waals surface area contributed by atoms with Crippen LogP contribution in [0.2, 0.25) is 0 Å². The highest BCUT2D eigenvalue weighted by Crippen LogP contribution is 2.37. The molecule has 2 N–H and O–H groups in total. The van der Waals surface area contributed by atoms with Gasteiger partial charge in [-0.05, 0) is 25.7 Å². The zero-order valence-electron chi connectivity index (χ0n) is 16.5. The van der Waals surface area contributed by atoms with Crippen molar-refractivity contribution < 1.29 is 19.8 Å². The van der Waals surface area contributed by atoms with Gasteiger partial charge in [-0.25, -0.2) is 0 Å². The van der Waals surface area contributed by atoms with Crippen LogP contribution in [0, 0.1) is 5.41 Å². The molecule has 148 valence electrons. The summed E-state index contributed by atoms with van der Waals surface area (Å²) in [7, 11) is 0. The Morgan fingerprint density at radius 1 is 0.640 bits per heavy atom. The number of rotatable bonds is 18. The standard InChI is InChI=1S/C21H40O4/c1-3-5-7-12-16-21(20(24)25,17-13-8-6-4-2)18-14-10-9-11-15-19(22)23/h3-18H2,1-2H3,(H,22,23)(H,24,25). The zero-order valence-corrected chi connectivity index (χ0v) is 16.5. The molecule has 4 heteroatoms. The second-order valence-corrected chi connectivity index (χ2v) is 7.51. The summed E-state index contributed by atoms with van der Waals surface area (Å²) in [5.41, 5.74) is -0.561. The first-order valence-electron chi connectivity index (χ1n) is 10.4. The minimum Gasteiger partial charge on any atom is -0.481 e. The highest BCUT2D eigenvalue weighted by molar-refractivity contribution is 5.74. The van der Waals surface area contributed by atoms with Gasteiger partial charge in [-0.1, -0.05) is 84.5 Å². The van der Waals surface area contributed by atoms with E-state index in [1.807, 2.05) is 0 Å². The molecule has 0 aromatic carbocycles. The van der Waals surface area contributed by atoms with Crippen molar-refractivity contribution in [1.29, 1.82) is 0 Å². The van der Waals surface area contributed by atoms with Gasteiger partial charge in [0.05, 0.1) is 5.41 Å². The molecule has 0 saturated heterocycles. The molecule has 0 bridgehead atoms. The molecule has 0 atom stereocenters. The van der Waals surface area contributed by atoms with Gasteiger partial charge in [-0.2, -0.15) is 0 Å². The average molecular weight is 357 g/mol. The number of aliphatic carboxylic acids is 2. The molecular formula is C21H40O4. The van der Waals surface area contributed by atoms with Crippen LogP contribution in [0.25, 0.3) is 0 Å². The first kappa shape index (κ1) is 23.9. The number of hydrogen-bond acceptors (Lipinski definition) is 2. The van der Waals surface area contributed by atoms with Crippen LogP contribution in [0.4, 0.5) is 0 Å². The quantitative estimate of drug-likeness (QED) is 0.278. The first-order chi connectivity index (χ1) is 12.0. The lowest BCUT2D eigenvalue weighted by atomic mass is 9.74.